The highest BCUT2D eigenvalue weighted by molar-refractivity contribution is 6.29. The molecule has 0 aliphatic heterocycles. The fraction of sp³-hybridized carbons (Fsp3) is 0. The van der Waals surface area contributed by atoms with Crippen LogP contribution >= 0.6 is 11.6 Å². The van der Waals surface area contributed by atoms with Crippen LogP contribution in [-0.2, 0) is 0 Å². The number of nitrogens with zero attached hydrogens (tertiary/aromatic N) is 2. The number of aromatic amines is 1. The molecule has 0 aliphatic rings. The molecule has 70 valence electrons. The summed E-state index contributed by atoms with van der Waals surface area (Å²) >= 11 is 5.64. The standard InChI is InChI=1S/C9H6ClN3O/c10-8-2-1-6(3-11-8)7-4-12-9(14)13-5-7/h1-5H,(H,12,13,14). The van der Waals surface area contributed by atoms with Crippen molar-refractivity contribution in [2.75, 3.05) is 0 Å². The number of pyridine rings is 1. The van der Waals surface area contributed by atoms with Crippen LogP contribution in [-0.4, -0.2) is 15.0 Å². The first-order valence-electron chi connectivity index (χ1n) is 3.92. The predicted molar refractivity (Wildman–Crippen MR) is 53.1 cm³/mol. The Hall–Kier alpha value is -1.68. The summed E-state index contributed by atoms with van der Waals surface area (Å²) < 4.78 is 0. The first kappa shape index (κ1) is 8.90. The van der Waals surface area contributed by atoms with Crippen LogP contribution in [0.5, 0.6) is 0 Å². The molecule has 0 saturated carbocycles. The Labute approximate surface area is 84.6 Å². The molecule has 14 heavy (non-hydrogen) atoms. The van der Waals surface area contributed by atoms with Crippen molar-refractivity contribution in [2.24, 2.45) is 0 Å². The Morgan fingerprint density at radius 2 is 1.93 bits per heavy atom. The van der Waals surface area contributed by atoms with E-state index in [0.717, 1.165) is 11.1 Å². The van der Waals surface area contributed by atoms with Gasteiger partial charge in [-0.2, -0.15) is 0 Å². The Morgan fingerprint density at radius 3 is 2.50 bits per heavy atom. The zero-order chi connectivity index (χ0) is 9.97. The third-order valence-electron chi connectivity index (χ3n) is 1.73. The average molecular weight is 208 g/mol. The Bertz CT molecular complexity index is 472. The summed E-state index contributed by atoms with van der Waals surface area (Å²) in [6.07, 6.45) is 4.70. The largest absolute Gasteiger partial charge is 0.344 e. The van der Waals surface area contributed by atoms with E-state index in [4.69, 9.17) is 11.6 Å². The van der Waals surface area contributed by atoms with E-state index >= 15 is 0 Å². The van der Waals surface area contributed by atoms with Gasteiger partial charge in [-0.15, -0.1) is 0 Å². The van der Waals surface area contributed by atoms with Crippen molar-refractivity contribution in [2.45, 2.75) is 0 Å². The van der Waals surface area contributed by atoms with Crippen molar-refractivity contribution in [1.82, 2.24) is 15.0 Å². The summed E-state index contributed by atoms with van der Waals surface area (Å²) in [5.41, 5.74) is 1.29. The van der Waals surface area contributed by atoms with Crippen LogP contribution in [0.1, 0.15) is 0 Å². The highest BCUT2D eigenvalue weighted by Crippen LogP contribution is 2.16. The maximum absolute atomic E-state index is 10.7. The molecule has 0 radical (unpaired) electrons. The van der Waals surface area contributed by atoms with Crippen molar-refractivity contribution < 1.29 is 0 Å². The van der Waals surface area contributed by atoms with Gasteiger partial charge in [-0.25, -0.2) is 14.8 Å². The quantitative estimate of drug-likeness (QED) is 0.721. The fourth-order valence-electron chi connectivity index (χ4n) is 1.05. The van der Waals surface area contributed by atoms with Gasteiger partial charge < -0.3 is 4.98 Å². The van der Waals surface area contributed by atoms with Gasteiger partial charge in [0.1, 0.15) is 5.15 Å². The van der Waals surface area contributed by atoms with Crippen LogP contribution < -0.4 is 5.69 Å². The highest BCUT2D eigenvalue weighted by Gasteiger charge is 1.98. The van der Waals surface area contributed by atoms with E-state index in [2.05, 4.69) is 15.0 Å². The lowest BCUT2D eigenvalue weighted by atomic mass is 10.2. The number of aromatic nitrogens is 3. The topological polar surface area (TPSA) is 58.6 Å². The molecule has 0 amide bonds. The summed E-state index contributed by atoms with van der Waals surface area (Å²) in [4.78, 5) is 20.7. The normalized spacial score (nSPS) is 10.1. The molecule has 0 unspecified atom stereocenters. The van der Waals surface area contributed by atoms with Gasteiger partial charge in [0.15, 0.2) is 0 Å². The molecule has 0 saturated heterocycles. The number of nitrogens with one attached hydrogen (secondary N) is 1. The molecule has 2 heterocycles. The lowest BCUT2D eigenvalue weighted by Crippen LogP contribution is -2.07. The number of hydrogen-bond donors (Lipinski definition) is 1. The summed E-state index contributed by atoms with van der Waals surface area (Å²) in [5.74, 6) is 0. The molecule has 1 N–H and O–H groups in total. The molecular formula is C9H6ClN3O. The van der Waals surface area contributed by atoms with E-state index in [1.165, 1.54) is 6.20 Å². The monoisotopic (exact) mass is 207 g/mol. The molecule has 2 aromatic heterocycles. The van der Waals surface area contributed by atoms with Crippen LogP contribution in [0.15, 0.2) is 35.5 Å². The first-order chi connectivity index (χ1) is 6.75. The highest BCUT2D eigenvalue weighted by atomic mass is 35.5. The first-order valence-corrected chi connectivity index (χ1v) is 4.30. The average Bonchev–Trinajstić information content (AvgIpc) is 2.21. The van der Waals surface area contributed by atoms with Crippen molar-refractivity contribution >= 4 is 11.6 Å². The molecule has 2 aromatic rings. The molecule has 0 aromatic carbocycles. The molecule has 0 atom stereocenters. The number of halogens is 1. The minimum Gasteiger partial charge on any atom is -0.312 e. The van der Waals surface area contributed by atoms with Crippen molar-refractivity contribution in [1.29, 1.82) is 0 Å². The zero-order valence-electron chi connectivity index (χ0n) is 7.07. The Balaban J connectivity index is 2.44. The summed E-state index contributed by atoms with van der Waals surface area (Å²) in [6.45, 7) is 0. The Morgan fingerprint density at radius 1 is 1.14 bits per heavy atom. The van der Waals surface area contributed by atoms with E-state index in [9.17, 15) is 4.79 Å². The smallest absolute Gasteiger partial charge is 0.312 e. The maximum Gasteiger partial charge on any atom is 0.344 e. The molecule has 0 bridgehead atoms. The molecule has 0 fully saturated rings. The fourth-order valence-corrected chi connectivity index (χ4v) is 1.16. The van der Waals surface area contributed by atoms with Gasteiger partial charge in [0.05, 0.1) is 0 Å². The van der Waals surface area contributed by atoms with Crippen LogP contribution in [0.25, 0.3) is 11.1 Å². The number of rotatable bonds is 1. The lowest BCUT2D eigenvalue weighted by molar-refractivity contribution is 1.08. The SMILES string of the molecule is O=c1ncc(-c2ccc(Cl)nc2)c[nH]1. The van der Waals surface area contributed by atoms with E-state index in [-0.39, 0.29) is 5.69 Å². The minimum atomic E-state index is -0.365. The summed E-state index contributed by atoms with van der Waals surface area (Å²) in [7, 11) is 0. The van der Waals surface area contributed by atoms with E-state index in [1.807, 2.05) is 6.07 Å². The van der Waals surface area contributed by atoms with E-state index in [1.54, 1.807) is 18.5 Å². The second-order valence-corrected chi connectivity index (χ2v) is 3.06. The van der Waals surface area contributed by atoms with Gasteiger partial charge in [-0.3, -0.25) is 0 Å². The molecule has 4 nitrogen and oxygen atoms in total. The zero-order valence-corrected chi connectivity index (χ0v) is 7.82. The van der Waals surface area contributed by atoms with Gasteiger partial charge in [-0.1, -0.05) is 11.6 Å². The van der Waals surface area contributed by atoms with E-state index < -0.39 is 0 Å². The van der Waals surface area contributed by atoms with E-state index in [0.29, 0.717) is 5.15 Å². The van der Waals surface area contributed by atoms with Crippen LogP contribution in [0.3, 0.4) is 0 Å². The second kappa shape index (κ2) is 3.59. The molecule has 2 rings (SSSR count). The van der Waals surface area contributed by atoms with Crippen molar-refractivity contribution in [3.8, 4) is 11.1 Å². The van der Waals surface area contributed by atoms with Gasteiger partial charge in [-0.05, 0) is 12.1 Å². The molecule has 0 aliphatic carbocycles. The van der Waals surface area contributed by atoms with Crippen LogP contribution in [0.4, 0.5) is 0 Å². The van der Waals surface area contributed by atoms with Crippen LogP contribution in [0.2, 0.25) is 5.15 Å². The van der Waals surface area contributed by atoms with Crippen LogP contribution in [0, 0.1) is 0 Å². The summed E-state index contributed by atoms with van der Waals surface area (Å²) in [5, 5.41) is 0.436. The molecular weight excluding hydrogens is 202 g/mol. The van der Waals surface area contributed by atoms with Gasteiger partial charge in [0, 0.05) is 29.7 Å². The van der Waals surface area contributed by atoms with Gasteiger partial charge in [0.2, 0.25) is 0 Å². The van der Waals surface area contributed by atoms with Crippen molar-refractivity contribution in [3.05, 3.63) is 46.4 Å². The number of H-pyrrole nitrogens is 1. The second-order valence-electron chi connectivity index (χ2n) is 2.68. The predicted octanol–water partition coefficient (Wildman–Crippen LogP) is 1.49. The third kappa shape index (κ3) is 1.80. The summed E-state index contributed by atoms with van der Waals surface area (Å²) in [6, 6.07) is 3.49. The molecule has 0 spiro atoms. The minimum absolute atomic E-state index is 0.365. The number of hydrogen-bond acceptors (Lipinski definition) is 3. The van der Waals surface area contributed by atoms with Gasteiger partial charge in [0.25, 0.3) is 0 Å². The maximum atomic E-state index is 10.7. The van der Waals surface area contributed by atoms with Gasteiger partial charge >= 0.3 is 5.69 Å². The van der Waals surface area contributed by atoms with Crippen molar-refractivity contribution in [3.63, 3.8) is 0 Å². The Kier molecular flexibility index (Phi) is 2.28. The third-order valence-corrected chi connectivity index (χ3v) is 1.96. The molecule has 5 heteroatoms. The lowest BCUT2D eigenvalue weighted by Gasteiger charge is -1.98.